The highest BCUT2D eigenvalue weighted by molar-refractivity contribution is 7.99. The fourth-order valence-corrected chi connectivity index (χ4v) is 2.21. The second-order valence-corrected chi connectivity index (χ2v) is 5.42. The van der Waals surface area contributed by atoms with Crippen molar-refractivity contribution in [3.8, 4) is 0 Å². The number of hydrogen-bond acceptors (Lipinski definition) is 4. The van der Waals surface area contributed by atoms with Crippen molar-refractivity contribution >= 4 is 35.0 Å². The van der Waals surface area contributed by atoms with E-state index in [4.69, 9.17) is 11.6 Å². The fraction of sp³-hybridized carbons (Fsp3) is 0.231. The molecule has 0 aliphatic heterocycles. The highest BCUT2D eigenvalue weighted by atomic mass is 35.5. The van der Waals surface area contributed by atoms with Gasteiger partial charge in [0.05, 0.1) is 0 Å². The van der Waals surface area contributed by atoms with E-state index in [9.17, 15) is 0 Å². The Morgan fingerprint density at radius 2 is 2.16 bits per heavy atom. The van der Waals surface area contributed by atoms with Crippen molar-refractivity contribution in [1.82, 2.24) is 15.2 Å². The van der Waals surface area contributed by atoms with Gasteiger partial charge in [0.25, 0.3) is 0 Å². The van der Waals surface area contributed by atoms with Crippen LogP contribution in [0.4, 0.5) is 11.6 Å². The molecule has 6 heteroatoms. The van der Waals surface area contributed by atoms with Crippen LogP contribution in [0.5, 0.6) is 0 Å². The zero-order valence-corrected chi connectivity index (χ0v) is 12.3. The molecule has 0 spiro atoms. The van der Waals surface area contributed by atoms with Crippen molar-refractivity contribution in [3.05, 3.63) is 40.9 Å². The van der Waals surface area contributed by atoms with Crippen LogP contribution in [0, 0.1) is 0 Å². The van der Waals surface area contributed by atoms with E-state index < -0.39 is 0 Å². The highest BCUT2D eigenvalue weighted by Gasteiger charge is 2.04. The average molecular weight is 295 g/mol. The number of anilines is 2. The second-order valence-electron chi connectivity index (χ2n) is 4.02. The van der Waals surface area contributed by atoms with E-state index in [-0.39, 0.29) is 0 Å². The summed E-state index contributed by atoms with van der Waals surface area (Å²) in [7, 11) is 0. The van der Waals surface area contributed by atoms with Gasteiger partial charge >= 0.3 is 0 Å². The number of H-pyrrole nitrogens is 1. The summed E-state index contributed by atoms with van der Waals surface area (Å²) in [4.78, 5) is 4.36. The van der Waals surface area contributed by atoms with Crippen LogP contribution in [0.3, 0.4) is 0 Å². The van der Waals surface area contributed by atoms with Gasteiger partial charge in [0.15, 0.2) is 5.16 Å². The standard InChI is InChI=1S/C13H15ClN4S/c1-3-9(2)8-19-13-16-12(17-18-13)15-11-6-4-10(14)5-7-11/h3-7H,8H2,1-2H3,(H2,15,16,17,18)/b9-3+. The van der Waals surface area contributed by atoms with Gasteiger partial charge in [-0.2, -0.15) is 4.98 Å². The molecule has 4 nitrogen and oxygen atoms in total. The van der Waals surface area contributed by atoms with Crippen LogP contribution in [0.2, 0.25) is 5.02 Å². The molecule has 1 aromatic carbocycles. The quantitative estimate of drug-likeness (QED) is 0.639. The van der Waals surface area contributed by atoms with Crippen molar-refractivity contribution in [2.45, 2.75) is 19.0 Å². The first-order valence-electron chi connectivity index (χ1n) is 5.87. The van der Waals surface area contributed by atoms with Crippen molar-refractivity contribution in [1.29, 1.82) is 0 Å². The number of aromatic nitrogens is 3. The Morgan fingerprint density at radius 3 is 2.84 bits per heavy atom. The molecule has 2 N–H and O–H groups in total. The summed E-state index contributed by atoms with van der Waals surface area (Å²) >= 11 is 7.46. The summed E-state index contributed by atoms with van der Waals surface area (Å²) in [6, 6.07) is 7.41. The van der Waals surface area contributed by atoms with Crippen LogP contribution in [0.15, 0.2) is 41.1 Å². The van der Waals surface area contributed by atoms with Gasteiger partial charge in [-0.3, -0.25) is 5.10 Å². The summed E-state index contributed by atoms with van der Waals surface area (Å²) in [5, 5.41) is 11.6. The molecule has 0 aliphatic carbocycles. The molecule has 1 heterocycles. The largest absolute Gasteiger partial charge is 0.323 e. The molecule has 0 radical (unpaired) electrons. The Hall–Kier alpha value is -1.46. The van der Waals surface area contributed by atoms with Crippen LogP contribution in [-0.2, 0) is 0 Å². The molecule has 100 valence electrons. The first kappa shape index (κ1) is 14.0. The Balaban J connectivity index is 1.95. The molecule has 0 unspecified atom stereocenters. The van der Waals surface area contributed by atoms with Gasteiger partial charge in [-0.1, -0.05) is 35.0 Å². The summed E-state index contributed by atoms with van der Waals surface area (Å²) in [6.07, 6.45) is 2.09. The van der Waals surface area contributed by atoms with Gasteiger partial charge in [0.1, 0.15) is 0 Å². The van der Waals surface area contributed by atoms with Crippen LogP contribution in [0.1, 0.15) is 13.8 Å². The molecule has 0 fully saturated rings. The third kappa shape index (κ3) is 4.29. The van der Waals surface area contributed by atoms with Gasteiger partial charge in [-0.05, 0) is 38.1 Å². The fourth-order valence-electron chi connectivity index (χ4n) is 1.30. The smallest absolute Gasteiger partial charge is 0.247 e. The molecule has 2 aromatic rings. The van der Waals surface area contributed by atoms with E-state index in [0.29, 0.717) is 11.0 Å². The number of hydrogen-bond donors (Lipinski definition) is 2. The first-order chi connectivity index (χ1) is 9.17. The molecular weight excluding hydrogens is 280 g/mol. The number of rotatable bonds is 5. The third-order valence-corrected chi connectivity index (χ3v) is 3.80. The molecule has 2 rings (SSSR count). The molecule has 0 atom stereocenters. The minimum Gasteiger partial charge on any atom is -0.323 e. The molecular formula is C13H15ClN4S. The Bertz CT molecular complexity index is 562. The highest BCUT2D eigenvalue weighted by Crippen LogP contribution is 2.20. The third-order valence-electron chi connectivity index (χ3n) is 2.49. The van der Waals surface area contributed by atoms with Crippen LogP contribution in [-0.4, -0.2) is 20.9 Å². The molecule has 0 bridgehead atoms. The van der Waals surface area contributed by atoms with Crippen molar-refractivity contribution in [2.24, 2.45) is 0 Å². The summed E-state index contributed by atoms with van der Waals surface area (Å²) < 4.78 is 0. The maximum absolute atomic E-state index is 5.83. The van der Waals surface area contributed by atoms with Crippen LogP contribution < -0.4 is 5.32 Å². The number of nitrogens with zero attached hydrogens (tertiary/aromatic N) is 2. The van der Waals surface area contributed by atoms with Gasteiger partial charge in [0.2, 0.25) is 5.95 Å². The minimum absolute atomic E-state index is 0.558. The zero-order chi connectivity index (χ0) is 13.7. The van der Waals surface area contributed by atoms with E-state index >= 15 is 0 Å². The molecule has 1 aromatic heterocycles. The predicted molar refractivity (Wildman–Crippen MR) is 81.3 cm³/mol. The summed E-state index contributed by atoms with van der Waals surface area (Å²) in [5.74, 6) is 1.47. The lowest BCUT2D eigenvalue weighted by Gasteiger charge is -2.00. The number of halogens is 1. The van der Waals surface area contributed by atoms with Crippen molar-refractivity contribution in [3.63, 3.8) is 0 Å². The van der Waals surface area contributed by atoms with Gasteiger partial charge in [0, 0.05) is 16.5 Å². The monoisotopic (exact) mass is 294 g/mol. The zero-order valence-electron chi connectivity index (χ0n) is 10.8. The van der Waals surface area contributed by atoms with Crippen molar-refractivity contribution < 1.29 is 0 Å². The second kappa shape index (κ2) is 6.63. The topological polar surface area (TPSA) is 53.6 Å². The SMILES string of the molecule is C/C=C(\C)CSc1nc(Nc2ccc(Cl)cc2)n[nH]1. The van der Waals surface area contributed by atoms with Gasteiger partial charge < -0.3 is 5.32 Å². The lowest BCUT2D eigenvalue weighted by Crippen LogP contribution is -1.91. The molecule has 19 heavy (non-hydrogen) atoms. The summed E-state index contributed by atoms with van der Waals surface area (Å²) in [5.41, 5.74) is 2.22. The van der Waals surface area contributed by atoms with E-state index in [0.717, 1.165) is 16.6 Å². The van der Waals surface area contributed by atoms with Gasteiger partial charge in [-0.15, -0.1) is 5.10 Å². The molecule has 0 aliphatic rings. The van der Waals surface area contributed by atoms with E-state index in [1.807, 2.05) is 31.2 Å². The predicted octanol–water partition coefficient (Wildman–Crippen LogP) is 4.26. The van der Waals surface area contributed by atoms with E-state index in [2.05, 4.69) is 33.5 Å². The van der Waals surface area contributed by atoms with E-state index in [1.165, 1.54) is 5.57 Å². The van der Waals surface area contributed by atoms with Crippen LogP contribution >= 0.6 is 23.4 Å². The van der Waals surface area contributed by atoms with Crippen molar-refractivity contribution in [2.75, 3.05) is 11.1 Å². The number of aromatic amines is 1. The number of benzene rings is 1. The van der Waals surface area contributed by atoms with E-state index in [1.54, 1.807) is 11.8 Å². The minimum atomic E-state index is 0.558. The lowest BCUT2D eigenvalue weighted by molar-refractivity contribution is 0.974. The lowest BCUT2D eigenvalue weighted by atomic mass is 10.3. The first-order valence-corrected chi connectivity index (χ1v) is 7.23. The number of allylic oxidation sites excluding steroid dienone is 1. The average Bonchev–Trinajstić information content (AvgIpc) is 2.86. The Morgan fingerprint density at radius 1 is 1.42 bits per heavy atom. The van der Waals surface area contributed by atoms with Gasteiger partial charge in [-0.25, -0.2) is 0 Å². The van der Waals surface area contributed by atoms with Crippen LogP contribution in [0.25, 0.3) is 0 Å². The normalized spacial score (nSPS) is 11.6. The maximum Gasteiger partial charge on any atom is 0.247 e. The summed E-state index contributed by atoms with van der Waals surface area (Å²) in [6.45, 7) is 4.13. The Labute approximate surface area is 121 Å². The maximum atomic E-state index is 5.83. The Kier molecular flexibility index (Phi) is 4.87. The molecule has 0 saturated heterocycles. The number of thioether (sulfide) groups is 1. The molecule has 0 saturated carbocycles. The molecule has 0 amide bonds. The number of nitrogens with one attached hydrogen (secondary N) is 2.